The second-order valence-corrected chi connectivity index (χ2v) is 9.28. The van der Waals surface area contributed by atoms with Crippen LogP contribution in [-0.2, 0) is 19.6 Å². The Hall–Kier alpha value is -2.71. The fraction of sp³-hybridized carbons (Fsp3) is 0.391. The molecule has 8 heteroatoms. The number of benzene rings is 2. The molecule has 1 heterocycles. The molecule has 0 aromatic heterocycles. The Morgan fingerprint density at radius 2 is 1.55 bits per heavy atom. The summed E-state index contributed by atoms with van der Waals surface area (Å²) < 4.78 is 32.2. The van der Waals surface area contributed by atoms with Crippen LogP contribution in [0.4, 0.5) is 0 Å². The van der Waals surface area contributed by atoms with E-state index in [2.05, 4.69) is 0 Å². The molecule has 2 aromatic carbocycles. The Labute approximate surface area is 183 Å². The third-order valence-electron chi connectivity index (χ3n) is 5.40. The van der Waals surface area contributed by atoms with Gasteiger partial charge in [0.1, 0.15) is 0 Å². The average molecular weight is 445 g/mol. The van der Waals surface area contributed by atoms with Crippen LogP contribution < -0.4 is 0 Å². The van der Waals surface area contributed by atoms with E-state index in [-0.39, 0.29) is 16.4 Å². The number of nitrogens with zero attached hydrogens (tertiary/aromatic N) is 2. The number of likely N-dealkylation sites (tertiary alicyclic amines) is 1. The Balaban J connectivity index is 1.81. The lowest BCUT2D eigenvalue weighted by Gasteiger charge is -2.23. The smallest absolute Gasteiger partial charge is 0.339 e. The number of esters is 1. The molecule has 3 rings (SSSR count). The fourth-order valence-electron chi connectivity index (χ4n) is 3.64. The van der Waals surface area contributed by atoms with E-state index in [9.17, 15) is 18.0 Å². The van der Waals surface area contributed by atoms with Crippen molar-refractivity contribution in [2.75, 3.05) is 26.2 Å². The van der Waals surface area contributed by atoms with Gasteiger partial charge in [-0.25, -0.2) is 13.2 Å². The highest BCUT2D eigenvalue weighted by Gasteiger charge is 2.31. The van der Waals surface area contributed by atoms with Crippen LogP contribution in [0.15, 0.2) is 59.5 Å². The third kappa shape index (κ3) is 5.14. The van der Waals surface area contributed by atoms with Crippen LogP contribution in [0.2, 0.25) is 0 Å². The van der Waals surface area contributed by atoms with Crippen molar-refractivity contribution in [2.24, 2.45) is 0 Å². The van der Waals surface area contributed by atoms with E-state index in [1.165, 1.54) is 28.6 Å². The molecule has 166 valence electrons. The van der Waals surface area contributed by atoms with Crippen molar-refractivity contribution in [2.45, 2.75) is 37.7 Å². The zero-order valence-electron chi connectivity index (χ0n) is 17.9. The molecule has 1 amide bonds. The minimum atomic E-state index is -3.61. The predicted molar refractivity (Wildman–Crippen MR) is 117 cm³/mol. The van der Waals surface area contributed by atoms with Crippen LogP contribution >= 0.6 is 0 Å². The monoisotopic (exact) mass is 444 g/mol. The summed E-state index contributed by atoms with van der Waals surface area (Å²) in [5, 5.41) is 0. The second-order valence-electron chi connectivity index (χ2n) is 7.34. The minimum Gasteiger partial charge on any atom is -0.444 e. The van der Waals surface area contributed by atoms with Gasteiger partial charge in [-0.05, 0) is 37.1 Å². The van der Waals surface area contributed by atoms with Gasteiger partial charge < -0.3 is 9.64 Å². The van der Waals surface area contributed by atoms with Crippen LogP contribution in [0.5, 0.6) is 0 Å². The first-order chi connectivity index (χ1) is 14.9. The lowest BCUT2D eigenvalue weighted by molar-refractivity contribution is -0.140. The van der Waals surface area contributed by atoms with Gasteiger partial charge in [0.25, 0.3) is 5.91 Å². The number of ether oxygens (including phenoxy) is 1. The topological polar surface area (TPSA) is 84.0 Å². The predicted octanol–water partition coefficient (Wildman–Crippen LogP) is 3.24. The molecule has 1 atom stereocenters. The first kappa shape index (κ1) is 23.0. The maximum atomic E-state index is 13.0. The first-order valence-corrected chi connectivity index (χ1v) is 12.0. The van der Waals surface area contributed by atoms with Crippen molar-refractivity contribution >= 4 is 21.9 Å². The molecular formula is C23H28N2O5S. The number of hydrogen-bond acceptors (Lipinski definition) is 5. The van der Waals surface area contributed by atoms with Crippen molar-refractivity contribution in [1.82, 2.24) is 9.21 Å². The van der Waals surface area contributed by atoms with Gasteiger partial charge in [0.05, 0.1) is 10.5 Å². The first-order valence-electron chi connectivity index (χ1n) is 10.5. The van der Waals surface area contributed by atoms with Crippen LogP contribution in [0.25, 0.3) is 0 Å². The van der Waals surface area contributed by atoms with Gasteiger partial charge in [-0.15, -0.1) is 0 Å². The lowest BCUT2D eigenvalue weighted by Crippen LogP contribution is -2.34. The number of carbonyl (C=O) groups is 2. The molecule has 1 aliphatic rings. The van der Waals surface area contributed by atoms with Crippen LogP contribution in [0.3, 0.4) is 0 Å². The zero-order valence-corrected chi connectivity index (χ0v) is 18.7. The van der Waals surface area contributed by atoms with E-state index in [1.54, 1.807) is 43.0 Å². The van der Waals surface area contributed by atoms with E-state index in [4.69, 9.17) is 4.74 Å². The van der Waals surface area contributed by atoms with E-state index >= 15 is 0 Å². The summed E-state index contributed by atoms with van der Waals surface area (Å²) in [4.78, 5) is 27.6. The van der Waals surface area contributed by atoms with Crippen LogP contribution in [0.1, 0.15) is 48.7 Å². The molecule has 0 radical (unpaired) electrons. The van der Waals surface area contributed by atoms with Crippen molar-refractivity contribution < 1.29 is 22.7 Å². The Kier molecular flexibility index (Phi) is 7.46. The summed E-state index contributed by atoms with van der Waals surface area (Å²) in [6, 6.07) is 14.5. The summed E-state index contributed by atoms with van der Waals surface area (Å²) in [7, 11) is -3.61. The molecule has 1 fully saturated rings. The third-order valence-corrected chi connectivity index (χ3v) is 7.47. The lowest BCUT2D eigenvalue weighted by atomic mass is 10.1. The molecule has 7 nitrogen and oxygen atoms in total. The average Bonchev–Trinajstić information content (AvgIpc) is 3.33. The molecule has 0 saturated carbocycles. The summed E-state index contributed by atoms with van der Waals surface area (Å²) >= 11 is 0. The standard InChI is InChI=1S/C23H28N2O5S/c1-3-25(4-2)31(28,29)20-14-12-19(13-15-20)23(27)30-21(18-10-6-5-7-11-18)22(26)24-16-8-9-17-24/h5-7,10-15,21H,3-4,8-9,16-17H2,1-2H3. The summed E-state index contributed by atoms with van der Waals surface area (Å²) in [6.07, 6.45) is 0.832. The van der Waals surface area contributed by atoms with Gasteiger partial charge in [-0.1, -0.05) is 44.2 Å². The highest BCUT2D eigenvalue weighted by molar-refractivity contribution is 7.89. The van der Waals surface area contributed by atoms with Gasteiger partial charge in [-0.2, -0.15) is 4.31 Å². The molecule has 1 aliphatic heterocycles. The summed E-state index contributed by atoms with van der Waals surface area (Å²) in [5.74, 6) is -0.911. The van der Waals surface area contributed by atoms with Crippen LogP contribution in [0, 0.1) is 0 Å². The van der Waals surface area contributed by atoms with Crippen molar-refractivity contribution in [3.63, 3.8) is 0 Å². The summed E-state index contributed by atoms with van der Waals surface area (Å²) in [6.45, 7) is 5.57. The molecular weight excluding hydrogens is 416 g/mol. The normalized spacial score (nSPS) is 15.1. The molecule has 1 saturated heterocycles. The molecule has 1 unspecified atom stereocenters. The number of rotatable bonds is 8. The van der Waals surface area contributed by atoms with Gasteiger partial charge in [0.2, 0.25) is 16.1 Å². The quantitative estimate of drug-likeness (QED) is 0.584. The van der Waals surface area contributed by atoms with Gasteiger partial charge in [0, 0.05) is 31.7 Å². The summed E-state index contributed by atoms with van der Waals surface area (Å²) in [5.41, 5.74) is 0.794. The second kappa shape index (κ2) is 10.1. The van der Waals surface area contributed by atoms with E-state index in [1.807, 2.05) is 6.07 Å². The van der Waals surface area contributed by atoms with Crippen LogP contribution in [-0.4, -0.2) is 55.7 Å². The number of carbonyl (C=O) groups excluding carboxylic acids is 2. The van der Waals surface area contributed by atoms with E-state index in [0.717, 1.165) is 12.8 Å². The molecule has 0 spiro atoms. The Morgan fingerprint density at radius 1 is 0.968 bits per heavy atom. The van der Waals surface area contributed by atoms with E-state index in [0.29, 0.717) is 31.7 Å². The Morgan fingerprint density at radius 3 is 2.10 bits per heavy atom. The van der Waals surface area contributed by atoms with E-state index < -0.39 is 22.1 Å². The van der Waals surface area contributed by atoms with Gasteiger partial charge >= 0.3 is 5.97 Å². The maximum absolute atomic E-state index is 13.0. The molecule has 2 aromatic rings. The minimum absolute atomic E-state index is 0.112. The Bertz CT molecular complexity index is 996. The maximum Gasteiger partial charge on any atom is 0.339 e. The molecule has 0 aliphatic carbocycles. The zero-order chi connectivity index (χ0) is 22.4. The molecule has 0 N–H and O–H groups in total. The fourth-order valence-corrected chi connectivity index (χ4v) is 5.10. The number of amides is 1. The highest BCUT2D eigenvalue weighted by Crippen LogP contribution is 2.25. The SMILES string of the molecule is CCN(CC)S(=O)(=O)c1ccc(C(=O)OC(C(=O)N2CCCC2)c2ccccc2)cc1. The van der Waals surface area contributed by atoms with Crippen molar-refractivity contribution in [3.8, 4) is 0 Å². The van der Waals surface area contributed by atoms with Gasteiger partial charge in [-0.3, -0.25) is 4.79 Å². The molecule has 31 heavy (non-hydrogen) atoms. The van der Waals surface area contributed by atoms with Gasteiger partial charge in [0.15, 0.2) is 0 Å². The largest absolute Gasteiger partial charge is 0.444 e. The molecule has 0 bridgehead atoms. The van der Waals surface area contributed by atoms with Crippen molar-refractivity contribution in [3.05, 3.63) is 65.7 Å². The number of sulfonamides is 1. The number of hydrogen-bond donors (Lipinski definition) is 0. The van der Waals surface area contributed by atoms with Crippen molar-refractivity contribution in [1.29, 1.82) is 0 Å². The highest BCUT2D eigenvalue weighted by atomic mass is 32.2.